The third kappa shape index (κ3) is 4.90. The van der Waals surface area contributed by atoms with Gasteiger partial charge in [-0.25, -0.2) is 8.42 Å². The number of hydrogen-bond acceptors (Lipinski definition) is 3. The van der Waals surface area contributed by atoms with Crippen LogP contribution in [0.5, 0.6) is 0 Å². The third-order valence-corrected chi connectivity index (χ3v) is 7.06. The first-order chi connectivity index (χ1) is 15.2. The molecule has 4 rings (SSSR count). The van der Waals surface area contributed by atoms with E-state index < -0.39 is 9.84 Å². The van der Waals surface area contributed by atoms with Crippen LogP contribution in [0.1, 0.15) is 23.1 Å². The Hall–Kier alpha value is -2.60. The summed E-state index contributed by atoms with van der Waals surface area (Å²) in [4.78, 5) is 15.4. The molecule has 1 fully saturated rings. The van der Waals surface area contributed by atoms with Gasteiger partial charge in [-0.3, -0.25) is 4.79 Å². The maximum atomic E-state index is 13.4. The van der Waals surface area contributed by atoms with Crippen LogP contribution in [0.15, 0.2) is 83.3 Å². The van der Waals surface area contributed by atoms with E-state index in [9.17, 15) is 13.2 Å². The fraction of sp³-hybridized carbons (Fsp3) is 0.160. The van der Waals surface area contributed by atoms with E-state index in [1.54, 1.807) is 42.5 Å². The smallest absolute Gasteiger partial charge is 0.250 e. The number of amides is 1. The predicted octanol–water partition coefficient (Wildman–Crippen LogP) is 5.63. The van der Waals surface area contributed by atoms with Crippen molar-refractivity contribution >= 4 is 44.5 Å². The van der Waals surface area contributed by atoms with E-state index in [4.69, 9.17) is 23.2 Å². The fourth-order valence-corrected chi connectivity index (χ4v) is 4.85. The lowest BCUT2D eigenvalue weighted by Crippen LogP contribution is -2.24. The van der Waals surface area contributed by atoms with Crippen LogP contribution >= 0.6 is 23.2 Å². The average molecular weight is 486 g/mol. The fourth-order valence-electron chi connectivity index (χ4n) is 3.89. The zero-order valence-electron chi connectivity index (χ0n) is 17.4. The number of carbonyl (C=O) groups excluding carboxylic acids is 1. The number of sulfone groups is 1. The molecule has 0 radical (unpaired) electrons. The first kappa shape index (κ1) is 22.6. The molecule has 0 aliphatic carbocycles. The van der Waals surface area contributed by atoms with Gasteiger partial charge >= 0.3 is 0 Å². The predicted molar refractivity (Wildman–Crippen MR) is 129 cm³/mol. The molecule has 32 heavy (non-hydrogen) atoms. The van der Waals surface area contributed by atoms with Gasteiger partial charge in [-0.1, -0.05) is 59.6 Å². The molecule has 3 aromatic rings. The lowest BCUT2D eigenvalue weighted by Gasteiger charge is -2.17. The highest BCUT2D eigenvalue weighted by Crippen LogP contribution is 2.34. The summed E-state index contributed by atoms with van der Waals surface area (Å²) < 4.78 is 23.7. The van der Waals surface area contributed by atoms with E-state index in [1.165, 1.54) is 6.26 Å². The van der Waals surface area contributed by atoms with Crippen molar-refractivity contribution in [2.24, 2.45) is 0 Å². The maximum absolute atomic E-state index is 13.4. The van der Waals surface area contributed by atoms with Crippen molar-refractivity contribution in [3.63, 3.8) is 0 Å². The highest BCUT2D eigenvalue weighted by molar-refractivity contribution is 7.90. The number of likely N-dealkylation sites (tertiary alicyclic amines) is 1. The summed E-state index contributed by atoms with van der Waals surface area (Å²) in [5.41, 5.74) is 4.10. The molecule has 1 aliphatic rings. The van der Waals surface area contributed by atoms with Crippen LogP contribution in [0.2, 0.25) is 10.0 Å². The average Bonchev–Trinajstić information content (AvgIpc) is 3.09. The van der Waals surface area contributed by atoms with Crippen molar-refractivity contribution in [3.05, 3.63) is 105 Å². The molecule has 0 N–H and O–H groups in total. The largest absolute Gasteiger partial charge is 0.334 e. The van der Waals surface area contributed by atoms with Crippen LogP contribution in [-0.4, -0.2) is 32.0 Å². The second-order valence-corrected chi connectivity index (χ2v) is 10.7. The van der Waals surface area contributed by atoms with Gasteiger partial charge in [0, 0.05) is 35.0 Å². The van der Waals surface area contributed by atoms with Gasteiger partial charge in [-0.15, -0.1) is 0 Å². The molecule has 0 spiro atoms. The summed E-state index contributed by atoms with van der Waals surface area (Å²) in [7, 11) is -3.31. The normalized spacial score (nSPS) is 15.8. The van der Waals surface area contributed by atoms with Crippen LogP contribution in [0.25, 0.3) is 5.57 Å². The molecule has 0 bridgehead atoms. The molecule has 0 unspecified atom stereocenters. The van der Waals surface area contributed by atoms with Crippen molar-refractivity contribution < 1.29 is 13.2 Å². The minimum Gasteiger partial charge on any atom is -0.334 e. The lowest BCUT2D eigenvalue weighted by atomic mass is 9.92. The molecule has 1 saturated heterocycles. The van der Waals surface area contributed by atoms with Crippen molar-refractivity contribution in [2.45, 2.75) is 17.9 Å². The van der Waals surface area contributed by atoms with Crippen LogP contribution < -0.4 is 0 Å². The second-order valence-electron chi connectivity index (χ2n) is 7.76. The summed E-state index contributed by atoms with van der Waals surface area (Å²) in [5, 5.41) is 1.24. The van der Waals surface area contributed by atoms with Gasteiger partial charge in [0.15, 0.2) is 9.84 Å². The number of nitrogens with zero attached hydrogens (tertiary/aromatic N) is 1. The molecule has 0 saturated carbocycles. The van der Waals surface area contributed by atoms with Crippen molar-refractivity contribution in [3.8, 4) is 0 Å². The van der Waals surface area contributed by atoms with Gasteiger partial charge in [-0.2, -0.15) is 0 Å². The Morgan fingerprint density at radius 1 is 0.906 bits per heavy atom. The monoisotopic (exact) mass is 485 g/mol. The van der Waals surface area contributed by atoms with Crippen LogP contribution in [-0.2, 0) is 21.2 Å². The molecule has 1 aliphatic heterocycles. The summed E-state index contributed by atoms with van der Waals surface area (Å²) in [6, 6.07) is 21.5. The Morgan fingerprint density at radius 3 is 2.12 bits per heavy atom. The van der Waals surface area contributed by atoms with E-state index >= 15 is 0 Å². The van der Waals surface area contributed by atoms with Gasteiger partial charge in [0.2, 0.25) is 0 Å². The van der Waals surface area contributed by atoms with E-state index in [2.05, 4.69) is 0 Å². The molecular formula is C25H21Cl2NO3S. The summed E-state index contributed by atoms with van der Waals surface area (Å²) in [5.74, 6) is -0.0397. The molecule has 0 aromatic heterocycles. The molecule has 4 nitrogen and oxygen atoms in total. The third-order valence-electron chi connectivity index (χ3n) is 5.45. The molecule has 1 heterocycles. The first-order valence-electron chi connectivity index (χ1n) is 10.1. The lowest BCUT2D eigenvalue weighted by molar-refractivity contribution is -0.125. The number of rotatable bonds is 5. The minimum atomic E-state index is -3.31. The van der Waals surface area contributed by atoms with Crippen molar-refractivity contribution in [2.75, 3.05) is 12.8 Å². The first-order valence-corrected chi connectivity index (χ1v) is 12.7. The summed E-state index contributed by atoms with van der Waals surface area (Å²) in [6.45, 7) is 1.07. The zero-order chi connectivity index (χ0) is 22.9. The zero-order valence-corrected chi connectivity index (χ0v) is 19.7. The minimum absolute atomic E-state index is 0.0397. The van der Waals surface area contributed by atoms with Crippen molar-refractivity contribution in [1.29, 1.82) is 0 Å². The van der Waals surface area contributed by atoms with Crippen molar-refractivity contribution in [1.82, 2.24) is 4.90 Å². The molecule has 164 valence electrons. The highest BCUT2D eigenvalue weighted by atomic mass is 35.5. The number of hydrogen-bond donors (Lipinski definition) is 0. The Morgan fingerprint density at radius 2 is 1.53 bits per heavy atom. The van der Waals surface area contributed by atoms with E-state index in [0.717, 1.165) is 22.3 Å². The number of halogens is 2. The second kappa shape index (κ2) is 9.10. The van der Waals surface area contributed by atoms with Gasteiger partial charge in [0.25, 0.3) is 5.91 Å². The van der Waals surface area contributed by atoms with Gasteiger partial charge < -0.3 is 4.90 Å². The Bertz CT molecular complexity index is 1300. The Labute approximate surface area is 198 Å². The van der Waals surface area contributed by atoms with E-state index in [-0.39, 0.29) is 10.8 Å². The molecule has 3 aromatic carbocycles. The van der Waals surface area contributed by atoms with Gasteiger partial charge in [0.1, 0.15) is 0 Å². The van der Waals surface area contributed by atoms with Crippen LogP contribution in [0, 0.1) is 0 Å². The SMILES string of the molecule is CS(=O)(=O)c1ccc(/C(=C2\CCN(Cc3cccc(Cl)c3)C2=O)c2ccc(Cl)cc2)cc1. The maximum Gasteiger partial charge on any atom is 0.250 e. The van der Waals surface area contributed by atoms with Gasteiger partial charge in [0.05, 0.1) is 4.90 Å². The molecule has 1 amide bonds. The molecule has 0 atom stereocenters. The molecular weight excluding hydrogens is 465 g/mol. The Kier molecular flexibility index (Phi) is 6.42. The van der Waals surface area contributed by atoms with Gasteiger partial charge in [-0.05, 0) is 65.1 Å². The number of benzene rings is 3. The summed E-state index contributed by atoms with van der Waals surface area (Å²) >= 11 is 12.2. The topological polar surface area (TPSA) is 54.5 Å². The highest BCUT2D eigenvalue weighted by Gasteiger charge is 2.30. The summed E-state index contributed by atoms with van der Waals surface area (Å²) in [6.07, 6.45) is 1.76. The van der Waals surface area contributed by atoms with Crippen LogP contribution in [0.3, 0.4) is 0 Å². The van der Waals surface area contributed by atoms with Crippen LogP contribution in [0.4, 0.5) is 0 Å². The molecule has 7 heteroatoms. The van der Waals surface area contributed by atoms with E-state index in [1.807, 2.05) is 35.2 Å². The number of carbonyl (C=O) groups is 1. The van der Waals surface area contributed by atoms with E-state index in [0.29, 0.717) is 35.1 Å². The quantitative estimate of drug-likeness (QED) is 0.439. The standard InChI is InChI=1S/C25H21Cl2NO3S/c1-32(30,31)22-11-7-19(8-12-22)24(18-5-9-20(26)10-6-18)23-13-14-28(25(23)29)16-17-3-2-4-21(27)15-17/h2-12,15H,13-14,16H2,1H3/b24-23+. The Balaban J connectivity index is 1.75.